The monoisotopic (exact) mass is 305 g/mol. The molecule has 1 amide bonds. The largest absolute Gasteiger partial charge is 0.444 e. The van der Waals surface area contributed by atoms with Gasteiger partial charge in [0.15, 0.2) is 11.6 Å². The standard InChI is InChI=1S/C11H10BrF2NO2/c1-2-7-5-15(11(16)17-7)10-8(13)3-6(12)4-9(10)14/h3-4,7H,2,5H2,1H3. The lowest BCUT2D eigenvalue weighted by Gasteiger charge is -2.14. The van der Waals surface area contributed by atoms with Gasteiger partial charge in [-0.15, -0.1) is 0 Å². The number of carbonyl (C=O) groups is 1. The van der Waals surface area contributed by atoms with Crippen molar-refractivity contribution in [3.63, 3.8) is 0 Å². The molecule has 6 heteroatoms. The number of anilines is 1. The summed E-state index contributed by atoms with van der Waals surface area (Å²) in [6.07, 6.45) is -0.413. The highest BCUT2D eigenvalue weighted by molar-refractivity contribution is 9.10. The first-order valence-corrected chi connectivity index (χ1v) is 5.95. The number of halogens is 3. The van der Waals surface area contributed by atoms with Gasteiger partial charge >= 0.3 is 6.09 Å². The fourth-order valence-electron chi connectivity index (χ4n) is 1.71. The minimum Gasteiger partial charge on any atom is -0.444 e. The maximum atomic E-state index is 13.6. The lowest BCUT2D eigenvalue weighted by atomic mass is 10.2. The number of cyclic esters (lactones) is 1. The lowest BCUT2D eigenvalue weighted by Crippen LogP contribution is -2.26. The second-order valence-corrected chi connectivity index (χ2v) is 4.66. The summed E-state index contributed by atoms with van der Waals surface area (Å²) in [4.78, 5) is 12.5. The van der Waals surface area contributed by atoms with E-state index in [1.165, 1.54) is 0 Å². The van der Waals surface area contributed by atoms with Gasteiger partial charge in [-0.2, -0.15) is 0 Å². The summed E-state index contributed by atoms with van der Waals surface area (Å²) in [5, 5.41) is 0. The summed E-state index contributed by atoms with van der Waals surface area (Å²) in [7, 11) is 0. The smallest absolute Gasteiger partial charge is 0.414 e. The molecular formula is C11H10BrF2NO2. The van der Waals surface area contributed by atoms with Crippen LogP contribution in [0.4, 0.5) is 19.3 Å². The van der Waals surface area contributed by atoms with Gasteiger partial charge in [0.1, 0.15) is 11.8 Å². The van der Waals surface area contributed by atoms with Crippen LogP contribution in [0.1, 0.15) is 13.3 Å². The fourth-order valence-corrected chi connectivity index (χ4v) is 2.11. The summed E-state index contributed by atoms with van der Waals surface area (Å²) < 4.78 is 32.5. The third-order valence-electron chi connectivity index (χ3n) is 2.58. The summed E-state index contributed by atoms with van der Waals surface area (Å²) in [6.45, 7) is 2.01. The van der Waals surface area contributed by atoms with E-state index in [4.69, 9.17) is 4.74 Å². The minimum atomic E-state index is -0.787. The van der Waals surface area contributed by atoms with Crippen molar-refractivity contribution in [3.8, 4) is 0 Å². The van der Waals surface area contributed by atoms with Crippen LogP contribution < -0.4 is 4.90 Å². The number of rotatable bonds is 2. The van der Waals surface area contributed by atoms with E-state index in [2.05, 4.69) is 15.9 Å². The number of amides is 1. The lowest BCUT2D eigenvalue weighted by molar-refractivity contribution is 0.139. The molecule has 0 radical (unpaired) electrons. The van der Waals surface area contributed by atoms with Crippen LogP contribution in [0, 0.1) is 11.6 Å². The van der Waals surface area contributed by atoms with Crippen molar-refractivity contribution < 1.29 is 18.3 Å². The molecule has 2 rings (SSSR count). The third kappa shape index (κ3) is 2.26. The van der Waals surface area contributed by atoms with Crippen LogP contribution in [0.5, 0.6) is 0 Å². The zero-order valence-electron chi connectivity index (χ0n) is 9.04. The molecule has 0 aliphatic carbocycles. The van der Waals surface area contributed by atoms with Crippen molar-refractivity contribution in [2.24, 2.45) is 0 Å². The highest BCUT2D eigenvalue weighted by atomic mass is 79.9. The topological polar surface area (TPSA) is 29.5 Å². The number of benzene rings is 1. The molecule has 1 atom stereocenters. The molecule has 1 aromatic rings. The van der Waals surface area contributed by atoms with Gasteiger partial charge in [-0.1, -0.05) is 22.9 Å². The van der Waals surface area contributed by atoms with E-state index in [-0.39, 0.29) is 22.8 Å². The maximum absolute atomic E-state index is 13.6. The van der Waals surface area contributed by atoms with Gasteiger partial charge in [-0.25, -0.2) is 13.6 Å². The summed E-state index contributed by atoms with van der Waals surface area (Å²) in [6, 6.07) is 2.23. The van der Waals surface area contributed by atoms with Gasteiger partial charge in [0.25, 0.3) is 0 Å². The van der Waals surface area contributed by atoms with Crippen LogP contribution in [0.2, 0.25) is 0 Å². The molecular weight excluding hydrogens is 296 g/mol. The number of nitrogens with zero attached hydrogens (tertiary/aromatic N) is 1. The number of hydrogen-bond acceptors (Lipinski definition) is 2. The van der Waals surface area contributed by atoms with Crippen LogP contribution in [0.15, 0.2) is 16.6 Å². The Balaban J connectivity index is 2.38. The molecule has 0 spiro atoms. The third-order valence-corrected chi connectivity index (χ3v) is 3.04. The molecule has 17 heavy (non-hydrogen) atoms. The van der Waals surface area contributed by atoms with Crippen LogP contribution >= 0.6 is 15.9 Å². The normalized spacial score (nSPS) is 19.6. The zero-order chi connectivity index (χ0) is 12.6. The molecule has 1 fully saturated rings. The molecule has 0 aromatic heterocycles. The molecule has 1 aromatic carbocycles. The van der Waals surface area contributed by atoms with Gasteiger partial charge < -0.3 is 4.74 Å². The van der Waals surface area contributed by atoms with Crippen molar-refractivity contribution in [2.75, 3.05) is 11.4 Å². The second-order valence-electron chi connectivity index (χ2n) is 3.74. The Hall–Kier alpha value is -1.17. The van der Waals surface area contributed by atoms with Crippen molar-refractivity contribution in [3.05, 3.63) is 28.2 Å². The Kier molecular flexibility index (Phi) is 3.33. The van der Waals surface area contributed by atoms with E-state index in [1.807, 2.05) is 6.92 Å². The quantitative estimate of drug-likeness (QED) is 0.837. The average Bonchev–Trinajstić information content (AvgIpc) is 2.59. The molecule has 1 unspecified atom stereocenters. The fraction of sp³-hybridized carbons (Fsp3) is 0.364. The van der Waals surface area contributed by atoms with Crippen LogP contribution in [-0.4, -0.2) is 18.7 Å². The molecule has 0 saturated carbocycles. The van der Waals surface area contributed by atoms with Gasteiger partial charge in [-0.3, -0.25) is 4.90 Å². The van der Waals surface area contributed by atoms with E-state index in [0.29, 0.717) is 6.42 Å². The molecule has 1 saturated heterocycles. The molecule has 3 nitrogen and oxygen atoms in total. The van der Waals surface area contributed by atoms with Gasteiger partial charge in [0.05, 0.1) is 6.54 Å². The molecule has 92 valence electrons. The molecule has 1 heterocycles. The first-order valence-electron chi connectivity index (χ1n) is 5.15. The number of hydrogen-bond donors (Lipinski definition) is 0. The predicted molar refractivity (Wildman–Crippen MR) is 62.0 cm³/mol. The first-order chi connectivity index (χ1) is 8.02. The number of ether oxygens (including phenoxy) is 1. The molecule has 1 aliphatic rings. The van der Waals surface area contributed by atoms with Gasteiger partial charge in [0.2, 0.25) is 0 Å². The molecule has 0 N–H and O–H groups in total. The van der Waals surface area contributed by atoms with Crippen LogP contribution in [0.3, 0.4) is 0 Å². The number of carbonyl (C=O) groups excluding carboxylic acids is 1. The van der Waals surface area contributed by atoms with E-state index in [1.54, 1.807) is 0 Å². The zero-order valence-corrected chi connectivity index (χ0v) is 10.6. The average molecular weight is 306 g/mol. The van der Waals surface area contributed by atoms with Crippen molar-refractivity contribution >= 4 is 27.7 Å². The van der Waals surface area contributed by atoms with Crippen LogP contribution in [-0.2, 0) is 4.74 Å². The SMILES string of the molecule is CCC1CN(c2c(F)cc(Br)cc2F)C(=O)O1. The first kappa shape index (κ1) is 12.3. The van der Waals surface area contributed by atoms with Crippen molar-refractivity contribution in [2.45, 2.75) is 19.4 Å². The van der Waals surface area contributed by atoms with Crippen molar-refractivity contribution in [1.82, 2.24) is 0 Å². The Bertz CT molecular complexity index is 444. The maximum Gasteiger partial charge on any atom is 0.414 e. The van der Waals surface area contributed by atoms with Crippen molar-refractivity contribution in [1.29, 1.82) is 0 Å². The highest BCUT2D eigenvalue weighted by Gasteiger charge is 2.34. The van der Waals surface area contributed by atoms with Crippen LogP contribution in [0.25, 0.3) is 0 Å². The van der Waals surface area contributed by atoms with E-state index in [9.17, 15) is 13.6 Å². The molecule has 1 aliphatic heterocycles. The Labute approximate surface area is 105 Å². The molecule has 0 bridgehead atoms. The second kappa shape index (κ2) is 4.60. The van der Waals surface area contributed by atoms with E-state index in [0.717, 1.165) is 17.0 Å². The Morgan fingerprint density at radius 3 is 2.53 bits per heavy atom. The summed E-state index contributed by atoms with van der Waals surface area (Å²) in [5.74, 6) is -1.57. The van der Waals surface area contributed by atoms with Gasteiger partial charge in [-0.05, 0) is 18.6 Å². The summed E-state index contributed by atoms with van der Waals surface area (Å²) >= 11 is 2.98. The Morgan fingerprint density at radius 2 is 2.06 bits per heavy atom. The summed E-state index contributed by atoms with van der Waals surface area (Å²) in [5.41, 5.74) is -0.353. The predicted octanol–water partition coefficient (Wildman–Crippen LogP) is 3.46. The minimum absolute atomic E-state index is 0.171. The van der Waals surface area contributed by atoms with E-state index >= 15 is 0 Å². The Morgan fingerprint density at radius 1 is 1.47 bits per heavy atom. The van der Waals surface area contributed by atoms with E-state index < -0.39 is 17.7 Å². The van der Waals surface area contributed by atoms with Gasteiger partial charge in [0, 0.05) is 4.47 Å². The highest BCUT2D eigenvalue weighted by Crippen LogP contribution is 2.30.